The number of hydrogen-bond donors (Lipinski definition) is 2. The lowest BCUT2D eigenvalue weighted by Gasteiger charge is -2.25. The molecule has 0 spiro atoms. The number of nitrogens with one attached hydrogen (secondary N) is 2. The number of aromatic amines is 1. The molecule has 5 heteroatoms. The molecular weight excluding hydrogens is 331 g/mol. The molecule has 0 unspecified atom stereocenters. The molecule has 3 aromatic rings. The molecule has 4 nitrogen and oxygen atoms in total. The van der Waals surface area contributed by atoms with E-state index in [9.17, 15) is 9.18 Å². The highest BCUT2D eigenvalue weighted by Crippen LogP contribution is 2.37. The van der Waals surface area contributed by atoms with Crippen LogP contribution >= 0.6 is 0 Å². The molecule has 2 aromatic carbocycles. The minimum atomic E-state index is -0.296. The average Bonchev–Trinajstić information content (AvgIpc) is 2.69. The number of H-pyrrole nitrogens is 1. The van der Waals surface area contributed by atoms with Gasteiger partial charge in [-0.3, -0.25) is 4.79 Å². The number of pyridine rings is 1. The van der Waals surface area contributed by atoms with Gasteiger partial charge in [-0.25, -0.2) is 4.39 Å². The van der Waals surface area contributed by atoms with Crippen LogP contribution in [0.1, 0.15) is 30.0 Å². The van der Waals surface area contributed by atoms with Crippen LogP contribution in [0, 0.1) is 11.2 Å². The molecule has 2 N–H and O–H groups in total. The van der Waals surface area contributed by atoms with E-state index in [4.69, 9.17) is 10.1 Å². The van der Waals surface area contributed by atoms with E-state index in [0.29, 0.717) is 18.6 Å². The molecule has 26 heavy (non-hydrogen) atoms. The smallest absolute Gasteiger partial charge is 0.256 e. The van der Waals surface area contributed by atoms with Crippen LogP contribution in [-0.4, -0.2) is 24.4 Å². The number of aromatic nitrogens is 1. The van der Waals surface area contributed by atoms with Crippen molar-refractivity contribution in [2.24, 2.45) is 0 Å². The molecule has 0 atom stereocenters. The van der Waals surface area contributed by atoms with Gasteiger partial charge >= 0.3 is 0 Å². The molecule has 0 amide bonds. The maximum Gasteiger partial charge on any atom is 0.256 e. The summed E-state index contributed by atoms with van der Waals surface area (Å²) in [5, 5.41) is 8.92. The first-order valence-electron chi connectivity index (χ1n) is 8.71. The minimum Gasteiger partial charge on any atom is -0.381 e. The number of halogens is 1. The van der Waals surface area contributed by atoms with Crippen LogP contribution in [0.3, 0.4) is 0 Å². The van der Waals surface area contributed by atoms with Gasteiger partial charge in [-0.05, 0) is 53.6 Å². The summed E-state index contributed by atoms with van der Waals surface area (Å²) in [4.78, 5) is 15.8. The van der Waals surface area contributed by atoms with Gasteiger partial charge in [0, 0.05) is 42.0 Å². The van der Waals surface area contributed by atoms with Gasteiger partial charge in [0.25, 0.3) is 5.56 Å². The quantitative estimate of drug-likeness (QED) is 0.694. The first kappa shape index (κ1) is 16.7. The Morgan fingerprint density at radius 1 is 1.08 bits per heavy atom. The van der Waals surface area contributed by atoms with Crippen molar-refractivity contribution in [3.8, 4) is 11.1 Å². The minimum absolute atomic E-state index is 0.135. The van der Waals surface area contributed by atoms with Crippen molar-refractivity contribution in [1.82, 2.24) is 4.98 Å². The van der Waals surface area contributed by atoms with Gasteiger partial charge in [0.15, 0.2) is 0 Å². The fraction of sp³-hybridized carbons (Fsp3) is 0.238. The van der Waals surface area contributed by atoms with Crippen LogP contribution < -0.4 is 5.56 Å². The van der Waals surface area contributed by atoms with E-state index < -0.39 is 0 Å². The van der Waals surface area contributed by atoms with Crippen LogP contribution in [0.5, 0.6) is 0 Å². The molecule has 1 fully saturated rings. The average molecular weight is 350 g/mol. The van der Waals surface area contributed by atoms with Crippen molar-refractivity contribution in [2.45, 2.75) is 18.8 Å². The zero-order chi connectivity index (χ0) is 18.1. The van der Waals surface area contributed by atoms with E-state index >= 15 is 0 Å². The molecule has 0 aliphatic carbocycles. The molecule has 1 aromatic heterocycles. The molecule has 1 aliphatic rings. The second-order valence-corrected chi connectivity index (χ2v) is 6.59. The van der Waals surface area contributed by atoms with Crippen molar-refractivity contribution in [3.63, 3.8) is 0 Å². The fourth-order valence-corrected chi connectivity index (χ4v) is 3.67. The topological polar surface area (TPSA) is 65.9 Å². The lowest BCUT2D eigenvalue weighted by Crippen LogP contribution is -2.20. The van der Waals surface area contributed by atoms with Crippen LogP contribution in [0.15, 0.2) is 47.3 Å². The van der Waals surface area contributed by atoms with Crippen molar-refractivity contribution in [3.05, 3.63) is 69.9 Å². The van der Waals surface area contributed by atoms with Crippen LogP contribution in [0.2, 0.25) is 0 Å². The maximum atomic E-state index is 13.5. The van der Waals surface area contributed by atoms with Gasteiger partial charge in [0.1, 0.15) is 5.82 Å². The Morgan fingerprint density at radius 3 is 2.50 bits per heavy atom. The van der Waals surface area contributed by atoms with E-state index in [1.807, 2.05) is 6.07 Å². The Bertz CT molecular complexity index is 1020. The third kappa shape index (κ3) is 2.95. The van der Waals surface area contributed by atoms with Crippen molar-refractivity contribution in [1.29, 1.82) is 5.41 Å². The Balaban J connectivity index is 2.05. The highest BCUT2D eigenvalue weighted by atomic mass is 19.1. The van der Waals surface area contributed by atoms with Crippen LogP contribution in [0.4, 0.5) is 4.39 Å². The van der Waals surface area contributed by atoms with Gasteiger partial charge < -0.3 is 15.1 Å². The van der Waals surface area contributed by atoms with E-state index in [1.54, 1.807) is 24.3 Å². The molecule has 4 rings (SSSR count). The van der Waals surface area contributed by atoms with Gasteiger partial charge in [0.2, 0.25) is 0 Å². The number of benzene rings is 2. The molecule has 0 saturated carbocycles. The largest absolute Gasteiger partial charge is 0.381 e. The van der Waals surface area contributed by atoms with Gasteiger partial charge in [-0.1, -0.05) is 18.2 Å². The van der Waals surface area contributed by atoms with Gasteiger partial charge in [-0.15, -0.1) is 0 Å². The highest BCUT2D eigenvalue weighted by molar-refractivity contribution is 6.00. The predicted octanol–water partition coefficient (Wildman–Crippen LogP) is 4.23. The van der Waals surface area contributed by atoms with Gasteiger partial charge in [0.05, 0.1) is 0 Å². The number of rotatable bonds is 3. The van der Waals surface area contributed by atoms with E-state index in [0.717, 1.165) is 40.6 Å². The normalized spacial score (nSPS) is 15.3. The third-order valence-electron chi connectivity index (χ3n) is 5.00. The molecular formula is C21H19FN2O2. The second kappa shape index (κ2) is 6.84. The first-order valence-corrected chi connectivity index (χ1v) is 8.71. The van der Waals surface area contributed by atoms with Gasteiger partial charge in [-0.2, -0.15) is 0 Å². The second-order valence-electron chi connectivity index (χ2n) is 6.59. The zero-order valence-corrected chi connectivity index (χ0v) is 14.2. The summed E-state index contributed by atoms with van der Waals surface area (Å²) in [7, 11) is 0. The summed E-state index contributed by atoms with van der Waals surface area (Å²) >= 11 is 0. The maximum absolute atomic E-state index is 13.5. The van der Waals surface area contributed by atoms with E-state index in [2.05, 4.69) is 4.98 Å². The molecule has 1 saturated heterocycles. The Labute approximate surface area is 150 Å². The monoisotopic (exact) mass is 350 g/mol. The Hall–Kier alpha value is -2.79. The number of fused-ring (bicyclic) bond motifs is 1. The third-order valence-corrected chi connectivity index (χ3v) is 5.00. The summed E-state index contributed by atoms with van der Waals surface area (Å²) in [5.41, 5.74) is 3.24. The fourth-order valence-electron chi connectivity index (χ4n) is 3.67. The standard InChI is InChI=1S/C21H19FN2O2/c22-16-4-2-14(3-5-16)19-18-11-13(12-23)1-6-17(18)21(25)24-20(19)15-7-9-26-10-8-15/h1-6,11-12,15,23H,7-10H2,(H,24,25). The lowest BCUT2D eigenvalue weighted by atomic mass is 9.87. The molecule has 2 heterocycles. The van der Waals surface area contributed by atoms with E-state index in [-0.39, 0.29) is 17.3 Å². The number of hydrogen-bond acceptors (Lipinski definition) is 3. The van der Waals surface area contributed by atoms with Crippen LogP contribution in [-0.2, 0) is 4.74 Å². The SMILES string of the molecule is N=Cc1ccc2c(=O)[nH]c(C3CCOCC3)c(-c3ccc(F)cc3)c2c1. The summed E-state index contributed by atoms with van der Waals surface area (Å²) < 4.78 is 18.9. The summed E-state index contributed by atoms with van der Waals surface area (Å²) in [6, 6.07) is 11.7. The van der Waals surface area contributed by atoms with E-state index in [1.165, 1.54) is 18.3 Å². The number of ether oxygens (including phenoxy) is 1. The predicted molar refractivity (Wildman–Crippen MR) is 101 cm³/mol. The zero-order valence-electron chi connectivity index (χ0n) is 14.2. The summed E-state index contributed by atoms with van der Waals surface area (Å²) in [6.07, 6.45) is 2.93. The highest BCUT2D eigenvalue weighted by Gasteiger charge is 2.23. The Kier molecular flexibility index (Phi) is 4.39. The van der Waals surface area contributed by atoms with Crippen molar-refractivity contribution in [2.75, 3.05) is 13.2 Å². The van der Waals surface area contributed by atoms with Crippen molar-refractivity contribution < 1.29 is 9.13 Å². The molecule has 0 radical (unpaired) electrons. The molecule has 1 aliphatic heterocycles. The molecule has 0 bridgehead atoms. The Morgan fingerprint density at radius 2 is 1.81 bits per heavy atom. The lowest BCUT2D eigenvalue weighted by molar-refractivity contribution is 0.0846. The first-order chi connectivity index (χ1) is 12.7. The molecule has 132 valence electrons. The van der Waals surface area contributed by atoms with Crippen LogP contribution in [0.25, 0.3) is 21.9 Å². The van der Waals surface area contributed by atoms with Crippen molar-refractivity contribution >= 4 is 17.0 Å². The summed E-state index contributed by atoms with van der Waals surface area (Å²) in [6.45, 7) is 1.32. The summed E-state index contributed by atoms with van der Waals surface area (Å²) in [5.74, 6) is -0.111.